The lowest BCUT2D eigenvalue weighted by molar-refractivity contribution is -0.385. The average Bonchev–Trinajstić information content (AvgIpc) is 2.61. The molecule has 0 N–H and O–H groups in total. The summed E-state index contributed by atoms with van der Waals surface area (Å²) in [6, 6.07) is 5.57. The average molecular weight is 387 g/mol. The van der Waals surface area contributed by atoms with Gasteiger partial charge in [0.15, 0.2) is 21.5 Å². The van der Waals surface area contributed by atoms with Crippen LogP contribution >= 0.6 is 0 Å². The predicted molar refractivity (Wildman–Crippen MR) is 88.3 cm³/mol. The summed E-state index contributed by atoms with van der Waals surface area (Å²) >= 11 is 0. The normalized spacial score (nSPS) is 11.2. The van der Waals surface area contributed by atoms with Crippen LogP contribution in [0.3, 0.4) is 0 Å². The van der Waals surface area contributed by atoms with Crippen molar-refractivity contribution in [1.29, 1.82) is 0 Å². The zero-order valence-corrected chi connectivity index (χ0v) is 14.7. The van der Waals surface area contributed by atoms with Gasteiger partial charge in [0.05, 0.1) is 31.0 Å². The smallest absolute Gasteiger partial charge is 0.273 e. The highest BCUT2D eigenvalue weighted by atomic mass is 32.2. The molecular weight excluding hydrogens is 372 g/mol. The van der Waals surface area contributed by atoms with Gasteiger partial charge >= 0.3 is 0 Å². The van der Waals surface area contributed by atoms with E-state index in [2.05, 4.69) is 0 Å². The summed E-state index contributed by atoms with van der Waals surface area (Å²) in [7, 11) is -1.47. The Morgan fingerprint density at radius 1 is 1.12 bits per heavy atom. The highest BCUT2D eigenvalue weighted by Gasteiger charge is 2.26. The molecule has 140 valence electrons. The zero-order chi connectivity index (χ0) is 19.5. The first-order valence-electron chi connectivity index (χ1n) is 7.26. The van der Waals surface area contributed by atoms with Crippen molar-refractivity contribution >= 4 is 15.5 Å². The largest absolute Gasteiger partial charge is 0.497 e. The third-order valence-corrected chi connectivity index (χ3v) is 5.37. The minimum atomic E-state index is -4.31. The van der Waals surface area contributed by atoms with E-state index in [1.165, 1.54) is 14.2 Å². The van der Waals surface area contributed by atoms with Crippen LogP contribution in [0.1, 0.15) is 5.56 Å². The fourth-order valence-corrected chi connectivity index (χ4v) is 3.67. The van der Waals surface area contributed by atoms with Crippen LogP contribution in [0, 0.1) is 21.7 Å². The van der Waals surface area contributed by atoms with Crippen LogP contribution in [-0.2, 0) is 16.3 Å². The van der Waals surface area contributed by atoms with E-state index < -0.39 is 42.7 Å². The molecule has 26 heavy (non-hydrogen) atoms. The number of hydrogen-bond acceptors (Lipinski definition) is 6. The molecule has 0 radical (unpaired) electrons. The third-order valence-electron chi connectivity index (χ3n) is 3.66. The number of non-ortho nitro benzene ring substituents is 1. The molecule has 0 saturated heterocycles. The summed E-state index contributed by atoms with van der Waals surface area (Å²) in [4.78, 5) is 8.72. The predicted octanol–water partition coefficient (Wildman–Crippen LogP) is 2.91. The topological polar surface area (TPSA) is 95.7 Å². The van der Waals surface area contributed by atoms with Crippen LogP contribution in [0.15, 0.2) is 35.2 Å². The molecule has 2 aromatic rings. The van der Waals surface area contributed by atoms with Crippen molar-refractivity contribution in [3.05, 3.63) is 57.6 Å². The summed E-state index contributed by atoms with van der Waals surface area (Å²) in [5.41, 5.74) is -0.340. The van der Waals surface area contributed by atoms with E-state index in [0.717, 1.165) is 0 Å². The first-order chi connectivity index (χ1) is 12.2. The second-order valence-corrected chi connectivity index (χ2v) is 7.32. The lowest BCUT2D eigenvalue weighted by atomic mass is 10.1. The van der Waals surface area contributed by atoms with Crippen molar-refractivity contribution in [2.24, 2.45) is 0 Å². The van der Waals surface area contributed by atoms with Crippen LogP contribution in [-0.4, -0.2) is 33.3 Å². The highest BCUT2D eigenvalue weighted by Crippen LogP contribution is 2.28. The molecule has 0 bridgehead atoms. The number of nitro benzene ring substituents is 1. The Kier molecular flexibility index (Phi) is 5.76. The maximum atomic E-state index is 13.9. The van der Waals surface area contributed by atoms with Gasteiger partial charge in [-0.2, -0.15) is 0 Å². The summed E-state index contributed by atoms with van der Waals surface area (Å²) in [6.07, 6.45) is -0.0702. The fourth-order valence-electron chi connectivity index (χ4n) is 2.29. The second kappa shape index (κ2) is 7.65. The second-order valence-electron chi connectivity index (χ2n) is 5.24. The summed E-state index contributed by atoms with van der Waals surface area (Å²) in [5, 5.41) is 10.8. The minimum Gasteiger partial charge on any atom is -0.497 e. The van der Waals surface area contributed by atoms with Crippen molar-refractivity contribution in [2.45, 2.75) is 11.3 Å². The molecule has 0 aliphatic heterocycles. The van der Waals surface area contributed by atoms with E-state index in [1.54, 1.807) is 18.2 Å². The Morgan fingerprint density at radius 2 is 1.81 bits per heavy atom. The molecule has 2 rings (SSSR count). The maximum Gasteiger partial charge on any atom is 0.273 e. The zero-order valence-electron chi connectivity index (χ0n) is 13.9. The van der Waals surface area contributed by atoms with Crippen LogP contribution < -0.4 is 9.47 Å². The monoisotopic (exact) mass is 387 g/mol. The molecule has 0 fully saturated rings. The van der Waals surface area contributed by atoms with E-state index >= 15 is 0 Å². The van der Waals surface area contributed by atoms with Crippen LogP contribution in [0.25, 0.3) is 0 Å². The summed E-state index contributed by atoms with van der Waals surface area (Å²) < 4.78 is 62.4. The molecule has 0 atom stereocenters. The summed E-state index contributed by atoms with van der Waals surface area (Å²) in [6.45, 7) is 0. The number of sulfone groups is 1. The maximum absolute atomic E-state index is 13.9. The molecule has 0 unspecified atom stereocenters. The Morgan fingerprint density at radius 3 is 2.38 bits per heavy atom. The van der Waals surface area contributed by atoms with E-state index in [-0.39, 0.29) is 6.42 Å². The SMILES string of the molecule is COc1ccc(CCS(=O)(=O)c2cc([N+](=O)[O-])cc(F)c2F)c(OC)c1. The molecule has 7 nitrogen and oxygen atoms in total. The Bertz CT molecular complexity index is 946. The number of hydrogen-bond donors (Lipinski definition) is 0. The number of aryl methyl sites for hydroxylation is 1. The molecule has 0 heterocycles. The van der Waals surface area contributed by atoms with Crippen LogP contribution in [0.2, 0.25) is 0 Å². The van der Waals surface area contributed by atoms with Gasteiger partial charge in [0.25, 0.3) is 5.69 Å². The van der Waals surface area contributed by atoms with Crippen molar-refractivity contribution in [3.8, 4) is 11.5 Å². The van der Waals surface area contributed by atoms with Gasteiger partial charge in [-0.1, -0.05) is 6.07 Å². The molecule has 0 amide bonds. The molecule has 10 heteroatoms. The Hall–Kier alpha value is -2.75. The van der Waals surface area contributed by atoms with Gasteiger partial charge < -0.3 is 9.47 Å². The number of nitrogens with zero attached hydrogens (tertiary/aromatic N) is 1. The van der Waals surface area contributed by atoms with Gasteiger partial charge in [0, 0.05) is 12.1 Å². The van der Waals surface area contributed by atoms with Crippen molar-refractivity contribution in [3.63, 3.8) is 0 Å². The Balaban J connectivity index is 2.34. The minimum absolute atomic E-state index is 0.0702. The molecular formula is C16H15F2NO6S. The van der Waals surface area contributed by atoms with E-state index in [1.807, 2.05) is 0 Å². The lowest BCUT2D eigenvalue weighted by Gasteiger charge is -2.11. The van der Waals surface area contributed by atoms with Gasteiger partial charge in [-0.05, 0) is 18.1 Å². The summed E-state index contributed by atoms with van der Waals surface area (Å²) in [5.74, 6) is -2.96. The number of halogens is 2. The number of methoxy groups -OCH3 is 2. The van der Waals surface area contributed by atoms with Crippen molar-refractivity contribution in [1.82, 2.24) is 0 Å². The molecule has 0 saturated carbocycles. The van der Waals surface area contributed by atoms with Crippen LogP contribution in [0.5, 0.6) is 11.5 Å². The van der Waals surface area contributed by atoms with Gasteiger partial charge in [-0.15, -0.1) is 0 Å². The number of benzene rings is 2. The van der Waals surface area contributed by atoms with Gasteiger partial charge in [0.1, 0.15) is 16.4 Å². The molecule has 0 aromatic heterocycles. The third kappa shape index (κ3) is 4.07. The van der Waals surface area contributed by atoms with Gasteiger partial charge in [-0.25, -0.2) is 17.2 Å². The first-order valence-corrected chi connectivity index (χ1v) is 8.92. The van der Waals surface area contributed by atoms with Crippen LogP contribution in [0.4, 0.5) is 14.5 Å². The lowest BCUT2D eigenvalue weighted by Crippen LogP contribution is -2.13. The molecule has 0 aliphatic carbocycles. The van der Waals surface area contributed by atoms with E-state index in [4.69, 9.17) is 9.47 Å². The first kappa shape index (κ1) is 19.6. The fraction of sp³-hybridized carbons (Fsp3) is 0.250. The number of nitro groups is 1. The highest BCUT2D eigenvalue weighted by molar-refractivity contribution is 7.91. The van der Waals surface area contributed by atoms with E-state index in [9.17, 15) is 27.3 Å². The van der Waals surface area contributed by atoms with Crippen molar-refractivity contribution < 1.29 is 31.6 Å². The Labute approximate surface area is 148 Å². The quantitative estimate of drug-likeness (QED) is 0.535. The number of rotatable bonds is 7. The van der Waals surface area contributed by atoms with E-state index in [0.29, 0.717) is 29.2 Å². The number of ether oxygens (including phenoxy) is 2. The standard InChI is InChI=1S/C16H15F2NO6S/c1-24-12-4-3-10(14(9-12)25-2)5-6-26(22,23)15-8-11(19(20)21)7-13(17)16(15)18/h3-4,7-9H,5-6H2,1-2H3. The van der Waals surface area contributed by atoms with Gasteiger partial charge in [0.2, 0.25) is 0 Å². The molecule has 0 aliphatic rings. The molecule has 0 spiro atoms. The van der Waals surface area contributed by atoms with Crippen molar-refractivity contribution in [2.75, 3.05) is 20.0 Å². The van der Waals surface area contributed by atoms with Gasteiger partial charge in [-0.3, -0.25) is 10.1 Å². The molecule has 2 aromatic carbocycles.